The molecule has 8 heteroatoms. The molecule has 160 valence electrons. The number of nitrogens with zero attached hydrogens (tertiary/aromatic N) is 2. The molecule has 4 aromatic rings. The zero-order valence-corrected chi connectivity index (χ0v) is 17.2. The number of hydrogen-bond acceptors (Lipinski definition) is 6. The highest BCUT2D eigenvalue weighted by molar-refractivity contribution is 5.83. The minimum atomic E-state index is -0.389. The monoisotopic (exact) mass is 428 g/mol. The van der Waals surface area contributed by atoms with Gasteiger partial charge in [-0.2, -0.15) is 5.10 Å². The van der Waals surface area contributed by atoms with Crippen molar-refractivity contribution in [3.05, 3.63) is 88.7 Å². The predicted octanol–water partition coefficient (Wildman–Crippen LogP) is 3.13. The van der Waals surface area contributed by atoms with Crippen LogP contribution in [0.3, 0.4) is 0 Å². The van der Waals surface area contributed by atoms with Crippen molar-refractivity contribution in [2.24, 2.45) is 5.10 Å². The second kappa shape index (κ2) is 9.57. The van der Waals surface area contributed by atoms with Gasteiger partial charge in [-0.25, -0.2) is 10.4 Å². The average molecular weight is 428 g/mol. The lowest BCUT2D eigenvalue weighted by molar-refractivity contribution is -0.123. The Kier molecular flexibility index (Phi) is 6.22. The van der Waals surface area contributed by atoms with E-state index in [-0.39, 0.29) is 18.1 Å². The molecule has 0 radical (unpaired) electrons. The Morgan fingerprint density at radius 2 is 1.75 bits per heavy atom. The van der Waals surface area contributed by atoms with Crippen molar-refractivity contribution in [3.63, 3.8) is 0 Å². The van der Waals surface area contributed by atoms with E-state index in [9.17, 15) is 9.59 Å². The number of nitrogens with one attached hydrogen (secondary N) is 2. The van der Waals surface area contributed by atoms with Gasteiger partial charge < -0.3 is 14.5 Å². The lowest BCUT2D eigenvalue weighted by Crippen LogP contribution is -2.24. The molecule has 32 heavy (non-hydrogen) atoms. The number of carbonyl (C=O) groups excluding carboxylic acids is 1. The first-order valence-corrected chi connectivity index (χ1v) is 9.80. The van der Waals surface area contributed by atoms with Gasteiger partial charge in [0, 0.05) is 5.56 Å². The highest BCUT2D eigenvalue weighted by Crippen LogP contribution is 2.20. The van der Waals surface area contributed by atoms with Crippen molar-refractivity contribution < 1.29 is 14.3 Å². The Morgan fingerprint density at radius 3 is 2.50 bits per heavy atom. The van der Waals surface area contributed by atoms with Crippen LogP contribution in [0.1, 0.15) is 5.56 Å². The van der Waals surface area contributed by atoms with Crippen molar-refractivity contribution in [1.29, 1.82) is 0 Å². The van der Waals surface area contributed by atoms with E-state index in [1.54, 1.807) is 61.7 Å². The van der Waals surface area contributed by atoms with Gasteiger partial charge in [-0.1, -0.05) is 12.1 Å². The van der Waals surface area contributed by atoms with Crippen molar-refractivity contribution in [1.82, 2.24) is 15.4 Å². The molecule has 0 spiro atoms. The maximum Gasteiger partial charge on any atom is 0.277 e. The van der Waals surface area contributed by atoms with Crippen LogP contribution in [0.5, 0.6) is 11.5 Å². The largest absolute Gasteiger partial charge is 0.497 e. The van der Waals surface area contributed by atoms with Crippen LogP contribution in [0.25, 0.3) is 22.3 Å². The van der Waals surface area contributed by atoms with E-state index in [2.05, 4.69) is 20.5 Å². The van der Waals surface area contributed by atoms with Crippen molar-refractivity contribution in [2.45, 2.75) is 0 Å². The molecule has 0 unspecified atom stereocenters. The van der Waals surface area contributed by atoms with E-state index < -0.39 is 0 Å². The van der Waals surface area contributed by atoms with E-state index in [0.717, 1.165) is 16.9 Å². The SMILES string of the molecule is COc1ccc(/C=N/NC(=O)COc2ccc(-c3nc4ccccc4c(=O)[nH]3)cc2)cc1. The maximum atomic E-state index is 12.2. The van der Waals surface area contributed by atoms with Gasteiger partial charge in [0.25, 0.3) is 11.5 Å². The average Bonchev–Trinajstić information content (AvgIpc) is 2.83. The first kappa shape index (κ1) is 20.8. The van der Waals surface area contributed by atoms with Gasteiger partial charge in [0.15, 0.2) is 6.61 Å². The molecule has 0 aliphatic carbocycles. The Bertz CT molecular complexity index is 1310. The normalized spacial score (nSPS) is 10.9. The van der Waals surface area contributed by atoms with Gasteiger partial charge in [-0.05, 0) is 66.2 Å². The van der Waals surface area contributed by atoms with Crippen LogP contribution in [0.2, 0.25) is 0 Å². The molecule has 1 aromatic heterocycles. The van der Waals surface area contributed by atoms with Crippen LogP contribution >= 0.6 is 0 Å². The number of aromatic nitrogens is 2. The van der Waals surface area contributed by atoms with E-state index in [1.807, 2.05) is 18.2 Å². The molecule has 0 atom stereocenters. The highest BCUT2D eigenvalue weighted by Gasteiger charge is 2.07. The second-order valence-electron chi connectivity index (χ2n) is 6.81. The van der Waals surface area contributed by atoms with Crippen LogP contribution in [-0.2, 0) is 4.79 Å². The van der Waals surface area contributed by atoms with Crippen LogP contribution < -0.4 is 20.5 Å². The second-order valence-corrected chi connectivity index (χ2v) is 6.81. The number of methoxy groups -OCH3 is 1. The first-order chi connectivity index (χ1) is 15.6. The standard InChI is InChI=1S/C24H20N4O4/c1-31-18-10-6-16(7-11-18)14-25-28-22(29)15-32-19-12-8-17(9-13-19)23-26-21-5-3-2-4-20(21)24(30)27-23/h2-14H,15H2,1H3,(H,28,29)(H,26,27,30)/b25-14+. The van der Waals surface area contributed by atoms with Crippen LogP contribution in [0.4, 0.5) is 0 Å². The number of H-pyrrole nitrogens is 1. The molecule has 1 heterocycles. The molecule has 4 rings (SSSR count). The van der Waals surface area contributed by atoms with Crippen molar-refractivity contribution >= 4 is 23.0 Å². The zero-order valence-electron chi connectivity index (χ0n) is 17.2. The number of para-hydroxylation sites is 1. The Hall–Kier alpha value is -4.46. The number of aromatic amines is 1. The number of fused-ring (bicyclic) bond motifs is 1. The van der Waals surface area contributed by atoms with Crippen LogP contribution in [0.15, 0.2) is 82.7 Å². The lowest BCUT2D eigenvalue weighted by Gasteiger charge is -2.07. The van der Waals surface area contributed by atoms with Gasteiger partial charge in [-0.3, -0.25) is 9.59 Å². The molecular formula is C24H20N4O4. The van der Waals surface area contributed by atoms with Gasteiger partial charge in [-0.15, -0.1) is 0 Å². The molecule has 2 N–H and O–H groups in total. The third-order valence-electron chi connectivity index (χ3n) is 4.63. The molecule has 0 fully saturated rings. The van der Waals surface area contributed by atoms with Crippen LogP contribution in [0, 0.1) is 0 Å². The minimum Gasteiger partial charge on any atom is -0.497 e. The van der Waals surface area contributed by atoms with Gasteiger partial charge in [0.05, 0.1) is 24.2 Å². The summed E-state index contributed by atoms with van der Waals surface area (Å²) in [5, 5.41) is 4.45. The Balaban J connectivity index is 1.33. The minimum absolute atomic E-state index is 0.190. The molecule has 8 nitrogen and oxygen atoms in total. The Morgan fingerprint density at radius 1 is 1.03 bits per heavy atom. The number of benzene rings is 3. The highest BCUT2D eigenvalue weighted by atomic mass is 16.5. The maximum absolute atomic E-state index is 12.2. The summed E-state index contributed by atoms with van der Waals surface area (Å²) in [6, 6.07) is 21.4. The fourth-order valence-electron chi connectivity index (χ4n) is 2.98. The summed E-state index contributed by atoms with van der Waals surface area (Å²) < 4.78 is 10.6. The molecule has 0 aliphatic heterocycles. The molecule has 0 aliphatic rings. The number of rotatable bonds is 7. The van der Waals surface area contributed by atoms with Gasteiger partial charge in [0.1, 0.15) is 17.3 Å². The fourth-order valence-corrected chi connectivity index (χ4v) is 2.98. The predicted molar refractivity (Wildman–Crippen MR) is 122 cm³/mol. The summed E-state index contributed by atoms with van der Waals surface area (Å²) in [6.45, 7) is -0.190. The van der Waals surface area contributed by atoms with E-state index in [4.69, 9.17) is 9.47 Å². The smallest absolute Gasteiger partial charge is 0.277 e. The summed E-state index contributed by atoms with van der Waals surface area (Å²) in [4.78, 5) is 31.5. The molecule has 0 bridgehead atoms. The number of amides is 1. The number of hydrogen-bond donors (Lipinski definition) is 2. The summed E-state index contributed by atoms with van der Waals surface area (Å²) in [5.41, 5.74) is 4.39. The Labute approximate surface area is 183 Å². The van der Waals surface area contributed by atoms with Crippen molar-refractivity contribution in [3.8, 4) is 22.9 Å². The molecule has 0 saturated heterocycles. The molecular weight excluding hydrogens is 408 g/mol. The molecule has 3 aromatic carbocycles. The molecule has 1 amide bonds. The lowest BCUT2D eigenvalue weighted by atomic mass is 10.2. The molecule has 0 saturated carbocycles. The van der Waals surface area contributed by atoms with Gasteiger partial charge in [0.2, 0.25) is 0 Å². The van der Waals surface area contributed by atoms with E-state index in [1.165, 1.54) is 6.21 Å². The third-order valence-corrected chi connectivity index (χ3v) is 4.63. The van der Waals surface area contributed by atoms with E-state index >= 15 is 0 Å². The summed E-state index contributed by atoms with van der Waals surface area (Å²) in [6.07, 6.45) is 1.53. The number of hydrazone groups is 1. The first-order valence-electron chi connectivity index (χ1n) is 9.80. The van der Waals surface area contributed by atoms with Crippen LogP contribution in [-0.4, -0.2) is 35.8 Å². The topological polar surface area (TPSA) is 106 Å². The summed E-state index contributed by atoms with van der Waals surface area (Å²) >= 11 is 0. The summed E-state index contributed by atoms with van der Waals surface area (Å²) in [7, 11) is 1.60. The van der Waals surface area contributed by atoms with E-state index in [0.29, 0.717) is 22.5 Å². The zero-order chi connectivity index (χ0) is 22.3. The third kappa shape index (κ3) is 4.99. The number of ether oxygens (including phenoxy) is 2. The van der Waals surface area contributed by atoms with Gasteiger partial charge >= 0.3 is 0 Å². The quantitative estimate of drug-likeness (QED) is 0.348. The fraction of sp³-hybridized carbons (Fsp3) is 0.0833. The summed E-state index contributed by atoms with van der Waals surface area (Å²) in [5.74, 6) is 1.32. The van der Waals surface area contributed by atoms with Crippen molar-refractivity contribution in [2.75, 3.05) is 13.7 Å². The number of carbonyl (C=O) groups is 1.